The minimum atomic E-state index is 0.237. The Morgan fingerprint density at radius 1 is 1.14 bits per heavy atom. The van der Waals surface area contributed by atoms with Gasteiger partial charge >= 0.3 is 0 Å². The molecule has 3 rings (SSSR count). The molecule has 1 aliphatic heterocycles. The molecule has 3 nitrogen and oxygen atoms in total. The number of hydrogen-bond acceptors (Lipinski definition) is 4. The van der Waals surface area contributed by atoms with E-state index in [1.54, 1.807) is 0 Å². The predicted molar refractivity (Wildman–Crippen MR) is 87.3 cm³/mol. The van der Waals surface area contributed by atoms with Crippen molar-refractivity contribution < 1.29 is 9.47 Å². The molecule has 1 fully saturated rings. The highest BCUT2D eigenvalue weighted by molar-refractivity contribution is 8.00. The summed E-state index contributed by atoms with van der Waals surface area (Å²) in [5.74, 6) is 1.74. The van der Waals surface area contributed by atoms with Crippen molar-refractivity contribution in [1.82, 2.24) is 0 Å². The Bertz CT molecular complexity index is 504. The molecule has 21 heavy (non-hydrogen) atoms. The second-order valence-corrected chi connectivity index (χ2v) is 8.03. The third-order valence-electron chi connectivity index (χ3n) is 4.62. The zero-order valence-electron chi connectivity index (χ0n) is 12.9. The largest absolute Gasteiger partial charge is 0.490 e. The fraction of sp³-hybridized carbons (Fsp3) is 0.647. The molecule has 1 heterocycles. The normalized spacial score (nSPS) is 28.0. The molecule has 4 heteroatoms. The van der Waals surface area contributed by atoms with Gasteiger partial charge in [0.15, 0.2) is 11.5 Å². The fourth-order valence-corrected chi connectivity index (χ4v) is 4.60. The lowest BCUT2D eigenvalue weighted by atomic mass is 9.73. The van der Waals surface area contributed by atoms with Gasteiger partial charge in [0.25, 0.3) is 0 Å². The molecule has 0 radical (unpaired) electrons. The maximum atomic E-state index is 6.49. The summed E-state index contributed by atoms with van der Waals surface area (Å²) in [7, 11) is 0. The minimum absolute atomic E-state index is 0.237. The maximum absolute atomic E-state index is 6.49. The summed E-state index contributed by atoms with van der Waals surface area (Å²) >= 11 is 1.89. The average Bonchev–Trinajstić information content (AvgIpc) is 2.68. The van der Waals surface area contributed by atoms with Crippen molar-refractivity contribution >= 4 is 11.8 Å². The smallest absolute Gasteiger partial charge is 0.162 e. The third kappa shape index (κ3) is 3.32. The van der Waals surface area contributed by atoms with E-state index in [1.807, 2.05) is 17.8 Å². The van der Waals surface area contributed by atoms with Gasteiger partial charge in [0, 0.05) is 22.6 Å². The van der Waals surface area contributed by atoms with Gasteiger partial charge in [-0.05, 0) is 36.5 Å². The summed E-state index contributed by atoms with van der Waals surface area (Å²) in [6, 6.07) is 6.52. The van der Waals surface area contributed by atoms with Crippen molar-refractivity contribution in [3.63, 3.8) is 0 Å². The van der Waals surface area contributed by atoms with Crippen molar-refractivity contribution in [2.24, 2.45) is 11.1 Å². The summed E-state index contributed by atoms with van der Waals surface area (Å²) < 4.78 is 11.5. The van der Waals surface area contributed by atoms with E-state index in [0.717, 1.165) is 31.1 Å². The molecule has 2 unspecified atom stereocenters. The topological polar surface area (TPSA) is 44.5 Å². The van der Waals surface area contributed by atoms with Crippen molar-refractivity contribution in [2.45, 2.75) is 55.7 Å². The minimum Gasteiger partial charge on any atom is -0.490 e. The van der Waals surface area contributed by atoms with Gasteiger partial charge in [-0.3, -0.25) is 0 Å². The Morgan fingerprint density at radius 2 is 1.90 bits per heavy atom. The predicted octanol–water partition coefficient (Wildman–Crippen LogP) is 3.85. The lowest BCUT2D eigenvalue weighted by molar-refractivity contribution is 0.208. The van der Waals surface area contributed by atoms with Crippen LogP contribution in [0.5, 0.6) is 11.5 Å². The zero-order valence-corrected chi connectivity index (χ0v) is 13.7. The first-order valence-electron chi connectivity index (χ1n) is 7.88. The summed E-state index contributed by atoms with van der Waals surface area (Å²) in [6.45, 7) is 6.05. The Morgan fingerprint density at radius 3 is 2.71 bits per heavy atom. The van der Waals surface area contributed by atoms with Crippen LogP contribution in [0.25, 0.3) is 0 Å². The van der Waals surface area contributed by atoms with Crippen molar-refractivity contribution in [1.29, 1.82) is 0 Å². The van der Waals surface area contributed by atoms with Crippen LogP contribution in [-0.2, 0) is 0 Å². The molecule has 2 atom stereocenters. The van der Waals surface area contributed by atoms with E-state index in [2.05, 4.69) is 26.0 Å². The van der Waals surface area contributed by atoms with E-state index in [-0.39, 0.29) is 11.5 Å². The van der Waals surface area contributed by atoms with Crippen LogP contribution in [0, 0.1) is 5.41 Å². The number of benzene rings is 1. The second-order valence-electron chi connectivity index (χ2n) is 6.72. The Hall–Kier alpha value is -0.870. The quantitative estimate of drug-likeness (QED) is 0.901. The molecule has 1 aromatic rings. The highest BCUT2D eigenvalue weighted by Crippen LogP contribution is 2.43. The molecule has 0 aromatic heterocycles. The summed E-state index contributed by atoms with van der Waals surface area (Å²) in [6.07, 6.45) is 4.64. The van der Waals surface area contributed by atoms with Crippen molar-refractivity contribution in [3.05, 3.63) is 18.2 Å². The van der Waals surface area contributed by atoms with Gasteiger partial charge in [-0.15, -0.1) is 11.8 Å². The van der Waals surface area contributed by atoms with Crippen LogP contribution in [0.1, 0.15) is 39.5 Å². The number of rotatable bonds is 2. The monoisotopic (exact) mass is 307 g/mol. The van der Waals surface area contributed by atoms with Crippen LogP contribution in [-0.4, -0.2) is 24.5 Å². The van der Waals surface area contributed by atoms with E-state index < -0.39 is 0 Å². The molecule has 1 aliphatic carbocycles. The Labute approximate surface area is 131 Å². The number of nitrogens with two attached hydrogens (primary N) is 1. The van der Waals surface area contributed by atoms with Crippen LogP contribution < -0.4 is 15.2 Å². The number of fused-ring (bicyclic) bond motifs is 1. The number of ether oxygens (including phenoxy) is 2. The lowest BCUT2D eigenvalue weighted by Gasteiger charge is -2.41. The van der Waals surface area contributed by atoms with E-state index in [4.69, 9.17) is 15.2 Å². The Balaban J connectivity index is 1.74. The SMILES string of the molecule is CC1(C)CCCC(Sc2ccc3c(c2)OCCCO3)C1N. The molecule has 116 valence electrons. The Kier molecular flexibility index (Phi) is 4.36. The molecule has 2 N–H and O–H groups in total. The van der Waals surface area contributed by atoms with Crippen molar-refractivity contribution in [2.75, 3.05) is 13.2 Å². The molecule has 0 amide bonds. The van der Waals surface area contributed by atoms with Gasteiger partial charge in [-0.2, -0.15) is 0 Å². The van der Waals surface area contributed by atoms with Crippen molar-refractivity contribution in [3.8, 4) is 11.5 Å². The number of thioether (sulfide) groups is 1. The summed E-state index contributed by atoms with van der Waals surface area (Å²) in [4.78, 5) is 1.23. The third-order valence-corrected chi connectivity index (χ3v) is 5.98. The van der Waals surface area contributed by atoms with Gasteiger partial charge < -0.3 is 15.2 Å². The van der Waals surface area contributed by atoms with E-state index in [1.165, 1.54) is 24.2 Å². The van der Waals surface area contributed by atoms with Gasteiger partial charge in [-0.25, -0.2) is 0 Å². The van der Waals surface area contributed by atoms with Crippen LogP contribution in [0.15, 0.2) is 23.1 Å². The van der Waals surface area contributed by atoms with Gasteiger partial charge in [0.1, 0.15) is 0 Å². The molecule has 0 saturated heterocycles. The van der Waals surface area contributed by atoms with E-state index in [0.29, 0.717) is 5.25 Å². The van der Waals surface area contributed by atoms with Crippen LogP contribution in [0.3, 0.4) is 0 Å². The highest BCUT2D eigenvalue weighted by atomic mass is 32.2. The van der Waals surface area contributed by atoms with Crippen LogP contribution in [0.4, 0.5) is 0 Å². The summed E-state index contributed by atoms with van der Waals surface area (Å²) in [5, 5.41) is 0.485. The number of hydrogen-bond donors (Lipinski definition) is 1. The maximum Gasteiger partial charge on any atom is 0.162 e. The van der Waals surface area contributed by atoms with Gasteiger partial charge in [-0.1, -0.05) is 20.3 Å². The van der Waals surface area contributed by atoms with Crippen LogP contribution in [0.2, 0.25) is 0 Å². The van der Waals surface area contributed by atoms with E-state index >= 15 is 0 Å². The molecule has 0 spiro atoms. The molecule has 1 saturated carbocycles. The second kappa shape index (κ2) is 6.09. The molecule has 2 aliphatic rings. The fourth-order valence-electron chi connectivity index (χ4n) is 3.13. The molecular formula is C17H25NO2S. The average molecular weight is 307 g/mol. The lowest BCUT2D eigenvalue weighted by Crippen LogP contribution is -2.48. The molecule has 1 aromatic carbocycles. The van der Waals surface area contributed by atoms with Crippen LogP contribution >= 0.6 is 11.8 Å². The molecule has 0 bridgehead atoms. The first-order valence-corrected chi connectivity index (χ1v) is 8.76. The first-order chi connectivity index (χ1) is 10.1. The molecular weight excluding hydrogens is 282 g/mol. The summed E-state index contributed by atoms with van der Waals surface area (Å²) in [5.41, 5.74) is 6.73. The zero-order chi connectivity index (χ0) is 14.9. The first kappa shape index (κ1) is 15.0. The van der Waals surface area contributed by atoms with E-state index in [9.17, 15) is 0 Å². The van der Waals surface area contributed by atoms with Gasteiger partial charge in [0.05, 0.1) is 13.2 Å². The highest BCUT2D eigenvalue weighted by Gasteiger charge is 2.36. The standard InChI is InChI=1S/C17H25NO2S/c1-17(2)8-3-5-15(16(17)18)21-12-6-7-13-14(11-12)20-10-4-9-19-13/h6-7,11,15-16H,3-5,8-10,18H2,1-2H3. The van der Waals surface area contributed by atoms with Gasteiger partial charge in [0.2, 0.25) is 0 Å².